The molecule has 0 aromatic carbocycles. The fourth-order valence-electron chi connectivity index (χ4n) is 1.62. The van der Waals surface area contributed by atoms with Crippen molar-refractivity contribution in [2.45, 2.75) is 27.2 Å². The summed E-state index contributed by atoms with van der Waals surface area (Å²) in [6.07, 6.45) is 1.14. The second-order valence-electron chi connectivity index (χ2n) is 4.27. The minimum Gasteiger partial charge on any atom is -0.396 e. The molecule has 4 nitrogen and oxygen atoms in total. The normalized spacial score (nSPS) is 11.9. The Morgan fingerprint density at radius 1 is 1.47 bits per heavy atom. The van der Waals surface area contributed by atoms with Crippen molar-refractivity contribution in [2.75, 3.05) is 23.7 Å². The average molecular weight is 232 g/mol. The molecule has 0 aliphatic carbocycles. The van der Waals surface area contributed by atoms with Crippen molar-refractivity contribution in [1.82, 2.24) is 4.98 Å². The van der Waals surface area contributed by atoms with Crippen LogP contribution in [0.3, 0.4) is 0 Å². The number of anilines is 2. The second kappa shape index (κ2) is 6.09. The molecule has 0 amide bonds. The van der Waals surface area contributed by atoms with E-state index in [1.807, 2.05) is 12.1 Å². The molecule has 0 radical (unpaired) electrons. The summed E-state index contributed by atoms with van der Waals surface area (Å²) in [6.45, 7) is 8.31. The Morgan fingerprint density at radius 3 is 2.71 bits per heavy atom. The van der Waals surface area contributed by atoms with Crippen LogP contribution in [0.4, 0.5) is 11.5 Å². The zero-order valence-corrected chi connectivity index (χ0v) is 10.8. The zero-order chi connectivity index (χ0) is 12.8. The summed E-state index contributed by atoms with van der Waals surface area (Å²) >= 11 is 0. The molecule has 0 aliphatic rings. The van der Waals surface area contributed by atoms with Crippen molar-refractivity contribution in [3.05, 3.63) is 17.8 Å². The molecule has 0 bridgehead atoms. The number of aromatic nitrogens is 1. The fraction of sp³-hybridized carbons (Fsp3) is 0.538. The average Bonchev–Trinajstić information content (AvgIpc) is 2.36. The first-order chi connectivity index (χ1) is 8.12. The van der Waals surface area contributed by atoms with Gasteiger partial charge in [-0.25, -0.2) is 4.98 Å². The van der Waals surface area contributed by atoms with E-state index in [0.717, 1.165) is 25.3 Å². The maximum atomic E-state index is 8.91. The number of nitriles is 1. The molecule has 0 saturated heterocycles. The van der Waals surface area contributed by atoms with E-state index in [1.54, 1.807) is 6.07 Å². The fourth-order valence-corrected chi connectivity index (χ4v) is 1.62. The molecule has 1 aromatic heterocycles. The number of hydrogen-bond donors (Lipinski definition) is 1. The van der Waals surface area contributed by atoms with Gasteiger partial charge in [0, 0.05) is 13.1 Å². The van der Waals surface area contributed by atoms with Gasteiger partial charge in [0.15, 0.2) is 5.69 Å². The summed E-state index contributed by atoms with van der Waals surface area (Å²) in [5.41, 5.74) is 6.42. The lowest BCUT2D eigenvalue weighted by Crippen LogP contribution is -2.29. The van der Waals surface area contributed by atoms with Crippen molar-refractivity contribution in [2.24, 2.45) is 5.92 Å². The molecule has 0 saturated carbocycles. The zero-order valence-electron chi connectivity index (χ0n) is 10.8. The van der Waals surface area contributed by atoms with Crippen LogP contribution in [0.1, 0.15) is 32.9 Å². The van der Waals surface area contributed by atoms with Gasteiger partial charge in [-0.1, -0.05) is 20.3 Å². The van der Waals surface area contributed by atoms with E-state index in [2.05, 4.69) is 30.7 Å². The third kappa shape index (κ3) is 3.35. The first-order valence-electron chi connectivity index (χ1n) is 6.03. The third-order valence-corrected chi connectivity index (χ3v) is 2.95. The van der Waals surface area contributed by atoms with Gasteiger partial charge in [0.1, 0.15) is 11.9 Å². The van der Waals surface area contributed by atoms with Crippen LogP contribution in [0.15, 0.2) is 12.1 Å². The van der Waals surface area contributed by atoms with Crippen molar-refractivity contribution >= 4 is 11.5 Å². The Balaban J connectivity index is 2.93. The summed E-state index contributed by atoms with van der Waals surface area (Å²) in [5, 5.41) is 8.91. The van der Waals surface area contributed by atoms with Crippen LogP contribution < -0.4 is 10.6 Å². The van der Waals surface area contributed by atoms with Crippen LogP contribution in [0, 0.1) is 17.2 Å². The van der Waals surface area contributed by atoms with Gasteiger partial charge in [0.25, 0.3) is 0 Å². The maximum absolute atomic E-state index is 8.91. The Labute approximate surface area is 103 Å². The number of hydrogen-bond acceptors (Lipinski definition) is 4. The van der Waals surface area contributed by atoms with Gasteiger partial charge in [-0.15, -0.1) is 0 Å². The van der Waals surface area contributed by atoms with E-state index in [1.165, 1.54) is 0 Å². The van der Waals surface area contributed by atoms with E-state index >= 15 is 0 Å². The van der Waals surface area contributed by atoms with E-state index in [4.69, 9.17) is 11.0 Å². The minimum absolute atomic E-state index is 0.310. The Kier molecular flexibility index (Phi) is 4.77. The summed E-state index contributed by atoms with van der Waals surface area (Å²) in [6, 6.07) is 5.65. The van der Waals surface area contributed by atoms with Crippen LogP contribution in [-0.4, -0.2) is 18.1 Å². The summed E-state index contributed by atoms with van der Waals surface area (Å²) < 4.78 is 0. The topological polar surface area (TPSA) is 65.9 Å². The number of pyridine rings is 1. The highest BCUT2D eigenvalue weighted by Crippen LogP contribution is 2.18. The molecule has 4 heteroatoms. The van der Waals surface area contributed by atoms with Crippen molar-refractivity contribution in [1.29, 1.82) is 5.26 Å². The van der Waals surface area contributed by atoms with Gasteiger partial charge < -0.3 is 10.6 Å². The standard InChI is InChI=1S/C13H20N4/c1-4-10(3)9-17(5-2)13-7-6-11(15)12(8-14)16-13/h6-7,10H,4-5,9,15H2,1-3H3. The summed E-state index contributed by atoms with van der Waals surface area (Å²) in [4.78, 5) is 6.46. The molecule has 1 rings (SSSR count). The quantitative estimate of drug-likeness (QED) is 0.846. The molecule has 0 aliphatic heterocycles. The molecule has 92 valence electrons. The van der Waals surface area contributed by atoms with Crippen LogP contribution >= 0.6 is 0 Å². The molecule has 0 spiro atoms. The number of nitrogen functional groups attached to an aromatic ring is 1. The molecule has 1 aromatic rings. The van der Waals surface area contributed by atoms with Gasteiger partial charge in [0.05, 0.1) is 5.69 Å². The molecular formula is C13H20N4. The Bertz CT molecular complexity index is 408. The SMILES string of the molecule is CCC(C)CN(CC)c1ccc(N)c(C#N)n1. The third-order valence-electron chi connectivity index (χ3n) is 2.95. The van der Waals surface area contributed by atoms with Crippen LogP contribution in [-0.2, 0) is 0 Å². The minimum atomic E-state index is 0.310. The largest absolute Gasteiger partial charge is 0.396 e. The predicted molar refractivity (Wildman–Crippen MR) is 70.7 cm³/mol. The summed E-state index contributed by atoms with van der Waals surface area (Å²) in [5.74, 6) is 1.44. The molecule has 1 unspecified atom stereocenters. The van der Waals surface area contributed by atoms with Gasteiger partial charge >= 0.3 is 0 Å². The number of rotatable bonds is 5. The van der Waals surface area contributed by atoms with Crippen LogP contribution in [0.2, 0.25) is 0 Å². The van der Waals surface area contributed by atoms with Crippen molar-refractivity contribution in [3.8, 4) is 6.07 Å². The number of nitrogens with two attached hydrogens (primary N) is 1. The Morgan fingerprint density at radius 2 is 2.18 bits per heavy atom. The lowest BCUT2D eigenvalue weighted by atomic mass is 10.1. The van der Waals surface area contributed by atoms with Crippen molar-refractivity contribution < 1.29 is 0 Å². The molecule has 0 fully saturated rings. The van der Waals surface area contributed by atoms with Crippen LogP contribution in [0.25, 0.3) is 0 Å². The van der Waals surface area contributed by atoms with Gasteiger partial charge in [-0.05, 0) is 25.0 Å². The predicted octanol–water partition coefficient (Wildman–Crippen LogP) is 2.41. The maximum Gasteiger partial charge on any atom is 0.165 e. The molecular weight excluding hydrogens is 212 g/mol. The lowest BCUT2D eigenvalue weighted by Gasteiger charge is -2.25. The molecule has 2 N–H and O–H groups in total. The molecule has 1 atom stereocenters. The summed E-state index contributed by atoms with van der Waals surface area (Å²) in [7, 11) is 0. The second-order valence-corrected chi connectivity index (χ2v) is 4.27. The first-order valence-corrected chi connectivity index (χ1v) is 6.03. The molecule has 1 heterocycles. The van der Waals surface area contributed by atoms with E-state index in [9.17, 15) is 0 Å². The van der Waals surface area contributed by atoms with Crippen molar-refractivity contribution in [3.63, 3.8) is 0 Å². The monoisotopic (exact) mass is 232 g/mol. The van der Waals surface area contributed by atoms with Gasteiger partial charge in [0.2, 0.25) is 0 Å². The smallest absolute Gasteiger partial charge is 0.165 e. The molecule has 17 heavy (non-hydrogen) atoms. The van der Waals surface area contributed by atoms with Gasteiger partial charge in [-0.3, -0.25) is 0 Å². The van der Waals surface area contributed by atoms with E-state index in [-0.39, 0.29) is 0 Å². The van der Waals surface area contributed by atoms with E-state index in [0.29, 0.717) is 17.3 Å². The number of nitrogens with zero attached hydrogens (tertiary/aromatic N) is 3. The highest BCUT2D eigenvalue weighted by atomic mass is 15.2. The highest BCUT2D eigenvalue weighted by molar-refractivity contribution is 5.55. The first kappa shape index (κ1) is 13.3. The highest BCUT2D eigenvalue weighted by Gasteiger charge is 2.11. The lowest BCUT2D eigenvalue weighted by molar-refractivity contribution is 0.545. The van der Waals surface area contributed by atoms with E-state index < -0.39 is 0 Å². The van der Waals surface area contributed by atoms with Gasteiger partial charge in [-0.2, -0.15) is 5.26 Å². The van der Waals surface area contributed by atoms with Crippen LogP contribution in [0.5, 0.6) is 0 Å². The Hall–Kier alpha value is -1.76.